The number of rotatable bonds is 7. The monoisotopic (exact) mass is 421 g/mol. The molecule has 0 atom stereocenters. The summed E-state index contributed by atoms with van der Waals surface area (Å²) in [6, 6.07) is 11.0. The van der Waals surface area contributed by atoms with Gasteiger partial charge in [0.2, 0.25) is 5.91 Å². The third kappa shape index (κ3) is 4.15. The zero-order chi connectivity index (χ0) is 20.9. The molecule has 0 fully saturated rings. The van der Waals surface area contributed by atoms with Crippen LogP contribution in [0.2, 0.25) is 0 Å². The van der Waals surface area contributed by atoms with Crippen molar-refractivity contribution in [1.29, 1.82) is 0 Å². The quantitative estimate of drug-likeness (QED) is 0.490. The van der Waals surface area contributed by atoms with Gasteiger partial charge in [0.25, 0.3) is 0 Å². The molecule has 0 aliphatic heterocycles. The van der Waals surface area contributed by atoms with Crippen LogP contribution >= 0.6 is 11.3 Å². The lowest BCUT2D eigenvalue weighted by molar-refractivity contribution is -0.115. The summed E-state index contributed by atoms with van der Waals surface area (Å²) in [5.74, 6) is 1.66. The zero-order valence-corrected chi connectivity index (χ0v) is 17.2. The molecule has 4 rings (SSSR count). The van der Waals surface area contributed by atoms with Crippen LogP contribution < -0.4 is 14.8 Å². The van der Waals surface area contributed by atoms with Crippen molar-refractivity contribution in [3.63, 3.8) is 0 Å². The van der Waals surface area contributed by atoms with E-state index in [2.05, 4.69) is 20.4 Å². The fourth-order valence-corrected chi connectivity index (χ4v) is 3.74. The minimum absolute atomic E-state index is 0.150. The van der Waals surface area contributed by atoms with E-state index in [1.54, 1.807) is 55.7 Å². The average Bonchev–Trinajstić information content (AvgIpc) is 3.46. The number of carbonyl (C=O) groups is 1. The van der Waals surface area contributed by atoms with Gasteiger partial charge in [-0.15, -0.1) is 11.3 Å². The zero-order valence-electron chi connectivity index (χ0n) is 16.4. The van der Waals surface area contributed by atoms with Crippen molar-refractivity contribution in [1.82, 2.24) is 19.7 Å². The van der Waals surface area contributed by atoms with Crippen LogP contribution in [-0.4, -0.2) is 39.9 Å². The second-order valence-corrected chi connectivity index (χ2v) is 7.12. The number of nitrogens with zero attached hydrogens (tertiary/aromatic N) is 4. The highest BCUT2D eigenvalue weighted by atomic mass is 32.1. The molecule has 9 heteroatoms. The van der Waals surface area contributed by atoms with Gasteiger partial charge in [-0.25, -0.2) is 14.6 Å². The maximum absolute atomic E-state index is 12.6. The van der Waals surface area contributed by atoms with Crippen LogP contribution in [0.3, 0.4) is 0 Å². The molecule has 30 heavy (non-hydrogen) atoms. The van der Waals surface area contributed by atoms with Crippen molar-refractivity contribution in [3.05, 3.63) is 66.1 Å². The Morgan fingerprint density at radius 1 is 1.13 bits per heavy atom. The highest BCUT2D eigenvalue weighted by Gasteiger charge is 2.14. The van der Waals surface area contributed by atoms with Gasteiger partial charge in [0.1, 0.15) is 5.01 Å². The molecule has 0 aliphatic rings. The molecule has 0 bridgehead atoms. The molecule has 0 unspecified atom stereocenters. The normalized spacial score (nSPS) is 10.6. The third-order valence-corrected chi connectivity index (χ3v) is 5.25. The van der Waals surface area contributed by atoms with E-state index < -0.39 is 0 Å². The summed E-state index contributed by atoms with van der Waals surface area (Å²) in [6.45, 7) is 0. The topological polar surface area (TPSA) is 91.2 Å². The number of pyridine rings is 1. The van der Waals surface area contributed by atoms with Crippen molar-refractivity contribution in [3.8, 4) is 27.9 Å². The standard InChI is InChI=1S/C21H19N5O3S/c1-28-17-7-6-14(11-18(17)29-2)21-24-15(13-30-21)12-19(27)25-16-5-3-8-22-20(16)26-10-4-9-23-26/h3-11,13H,12H2,1-2H3,(H,25,27). The van der Waals surface area contributed by atoms with E-state index >= 15 is 0 Å². The summed E-state index contributed by atoms with van der Waals surface area (Å²) in [4.78, 5) is 21.5. The summed E-state index contributed by atoms with van der Waals surface area (Å²) in [7, 11) is 3.19. The SMILES string of the molecule is COc1ccc(-c2nc(CC(=O)Nc3cccnc3-n3cccn3)cs2)cc1OC. The molecule has 8 nitrogen and oxygen atoms in total. The Bertz CT molecular complexity index is 1160. The van der Waals surface area contributed by atoms with Crippen molar-refractivity contribution in [2.24, 2.45) is 0 Å². The maximum atomic E-state index is 12.6. The van der Waals surface area contributed by atoms with Gasteiger partial charge in [-0.3, -0.25) is 4.79 Å². The minimum Gasteiger partial charge on any atom is -0.493 e. The lowest BCUT2D eigenvalue weighted by Crippen LogP contribution is -2.16. The van der Waals surface area contributed by atoms with Crippen molar-refractivity contribution < 1.29 is 14.3 Å². The molecule has 0 spiro atoms. The molecule has 0 saturated carbocycles. The summed E-state index contributed by atoms with van der Waals surface area (Å²) >= 11 is 1.47. The lowest BCUT2D eigenvalue weighted by atomic mass is 10.2. The van der Waals surface area contributed by atoms with Crippen LogP contribution in [0.25, 0.3) is 16.4 Å². The van der Waals surface area contributed by atoms with E-state index in [1.807, 2.05) is 23.6 Å². The van der Waals surface area contributed by atoms with E-state index in [-0.39, 0.29) is 12.3 Å². The molecular formula is C21H19N5O3S. The summed E-state index contributed by atoms with van der Waals surface area (Å²) < 4.78 is 12.2. The Morgan fingerprint density at radius 3 is 2.77 bits per heavy atom. The first-order valence-electron chi connectivity index (χ1n) is 9.09. The van der Waals surface area contributed by atoms with Gasteiger partial charge in [0.15, 0.2) is 17.3 Å². The predicted molar refractivity (Wildman–Crippen MR) is 114 cm³/mol. The summed E-state index contributed by atoms with van der Waals surface area (Å²) in [6.07, 6.45) is 5.23. The van der Waals surface area contributed by atoms with E-state index in [4.69, 9.17) is 9.47 Å². The van der Waals surface area contributed by atoms with E-state index in [0.29, 0.717) is 28.7 Å². The number of carbonyl (C=O) groups excluding carboxylic acids is 1. The van der Waals surface area contributed by atoms with Gasteiger partial charge in [-0.2, -0.15) is 5.10 Å². The van der Waals surface area contributed by atoms with Crippen LogP contribution in [0.15, 0.2) is 60.4 Å². The first-order valence-corrected chi connectivity index (χ1v) is 9.97. The van der Waals surface area contributed by atoms with E-state index in [0.717, 1.165) is 10.6 Å². The second-order valence-electron chi connectivity index (χ2n) is 6.26. The number of methoxy groups -OCH3 is 2. The molecule has 152 valence electrons. The highest BCUT2D eigenvalue weighted by molar-refractivity contribution is 7.13. The molecule has 0 aliphatic carbocycles. The number of ether oxygens (including phenoxy) is 2. The third-order valence-electron chi connectivity index (χ3n) is 4.31. The molecule has 3 heterocycles. The lowest BCUT2D eigenvalue weighted by Gasteiger charge is -2.09. The number of aromatic nitrogens is 4. The average molecular weight is 421 g/mol. The fourth-order valence-electron chi connectivity index (χ4n) is 2.92. The van der Waals surface area contributed by atoms with E-state index in [1.165, 1.54) is 11.3 Å². The Morgan fingerprint density at radius 2 is 2.00 bits per heavy atom. The van der Waals surface area contributed by atoms with Gasteiger partial charge >= 0.3 is 0 Å². The molecule has 1 aromatic carbocycles. The molecular weight excluding hydrogens is 402 g/mol. The predicted octanol–water partition coefficient (Wildman–Crippen LogP) is 3.59. The maximum Gasteiger partial charge on any atom is 0.230 e. The smallest absolute Gasteiger partial charge is 0.230 e. The Kier molecular flexibility index (Phi) is 5.71. The second kappa shape index (κ2) is 8.75. The van der Waals surface area contributed by atoms with Crippen LogP contribution in [0, 0.1) is 0 Å². The Balaban J connectivity index is 1.48. The van der Waals surface area contributed by atoms with Gasteiger partial charge in [-0.1, -0.05) is 0 Å². The van der Waals surface area contributed by atoms with Gasteiger partial charge in [0.05, 0.1) is 32.0 Å². The number of benzene rings is 1. The van der Waals surface area contributed by atoms with Crippen LogP contribution in [-0.2, 0) is 11.2 Å². The first kappa shape index (κ1) is 19.6. The number of hydrogen-bond acceptors (Lipinski definition) is 7. The molecule has 0 saturated heterocycles. The Labute approximate surface area is 177 Å². The van der Waals surface area contributed by atoms with Crippen molar-refractivity contribution >= 4 is 22.9 Å². The number of hydrogen-bond donors (Lipinski definition) is 1. The molecule has 4 aromatic rings. The van der Waals surface area contributed by atoms with Gasteiger partial charge in [0, 0.05) is 29.5 Å². The number of amides is 1. The first-order chi connectivity index (χ1) is 14.7. The molecule has 1 amide bonds. The fraction of sp³-hybridized carbons (Fsp3) is 0.143. The molecule has 0 radical (unpaired) electrons. The largest absolute Gasteiger partial charge is 0.493 e. The van der Waals surface area contributed by atoms with Crippen LogP contribution in [0.5, 0.6) is 11.5 Å². The summed E-state index contributed by atoms with van der Waals surface area (Å²) in [5.41, 5.74) is 2.17. The minimum atomic E-state index is -0.180. The number of nitrogens with one attached hydrogen (secondary N) is 1. The van der Waals surface area contributed by atoms with Crippen molar-refractivity contribution in [2.75, 3.05) is 19.5 Å². The molecule has 3 aromatic heterocycles. The highest BCUT2D eigenvalue weighted by Crippen LogP contribution is 2.33. The van der Waals surface area contributed by atoms with Crippen LogP contribution in [0.4, 0.5) is 5.69 Å². The van der Waals surface area contributed by atoms with Crippen molar-refractivity contribution in [2.45, 2.75) is 6.42 Å². The summed E-state index contributed by atoms with van der Waals surface area (Å²) in [5, 5.41) is 9.75. The van der Waals surface area contributed by atoms with Gasteiger partial charge in [-0.05, 0) is 36.4 Å². The van der Waals surface area contributed by atoms with E-state index in [9.17, 15) is 4.79 Å². The number of thiazole rings is 1. The number of anilines is 1. The Hall–Kier alpha value is -3.72. The van der Waals surface area contributed by atoms with Gasteiger partial charge < -0.3 is 14.8 Å². The van der Waals surface area contributed by atoms with Crippen LogP contribution in [0.1, 0.15) is 5.69 Å². The molecule has 1 N–H and O–H groups in total.